The van der Waals surface area contributed by atoms with Gasteiger partial charge in [0.25, 0.3) is 5.91 Å². The van der Waals surface area contributed by atoms with Crippen molar-refractivity contribution in [1.29, 1.82) is 0 Å². The maximum atomic E-state index is 14.1. The summed E-state index contributed by atoms with van der Waals surface area (Å²) in [4.78, 5) is 90.9. The van der Waals surface area contributed by atoms with E-state index in [9.17, 15) is 49.9 Å². The van der Waals surface area contributed by atoms with E-state index in [1.54, 1.807) is 0 Å². The Bertz CT molecular complexity index is 6170. The molecule has 0 unspecified atom stereocenters. The number of benzene rings is 8. The van der Waals surface area contributed by atoms with Gasteiger partial charge in [0, 0.05) is 37.0 Å². The van der Waals surface area contributed by atoms with Crippen LogP contribution in [0.5, 0.6) is 0 Å². The van der Waals surface area contributed by atoms with Gasteiger partial charge in [-0.2, -0.15) is 0 Å². The topological polar surface area (TPSA) is 220 Å². The van der Waals surface area contributed by atoms with Crippen molar-refractivity contribution in [3.63, 3.8) is 0 Å². The summed E-state index contributed by atoms with van der Waals surface area (Å²) in [6, 6.07) is 54.2. The second-order valence-electron chi connectivity index (χ2n) is 36.1. The average molecular weight is 1880 g/mol. The minimum Gasteiger partial charge on any atom is -0.309 e. The van der Waals surface area contributed by atoms with Crippen LogP contribution >= 0.6 is 22.6 Å². The molecule has 24 heteroatoms. The van der Waals surface area contributed by atoms with Crippen LogP contribution in [0.25, 0.3) is 45.0 Å². The van der Waals surface area contributed by atoms with Gasteiger partial charge in [-0.1, -0.05) is 262 Å². The third-order valence-corrected chi connectivity index (χ3v) is 27.6. The van der Waals surface area contributed by atoms with Crippen LogP contribution in [0.2, 0.25) is 0 Å². The molecule has 4 saturated carbocycles. The highest BCUT2D eigenvalue weighted by atomic mass is 127. The molecule has 0 saturated heterocycles. The van der Waals surface area contributed by atoms with E-state index in [1.807, 2.05) is 91.0 Å². The molecule has 4 amide bonds. The molecule has 4 fully saturated rings. The highest BCUT2D eigenvalue weighted by molar-refractivity contribution is 14.1. The van der Waals surface area contributed by atoms with Gasteiger partial charge >= 0.3 is 0 Å². The van der Waals surface area contributed by atoms with Crippen molar-refractivity contribution < 1.29 is 49.9 Å². The van der Waals surface area contributed by atoms with Crippen LogP contribution in [0.15, 0.2) is 170 Å². The minimum atomic E-state index is -2.26. The van der Waals surface area contributed by atoms with Crippen LogP contribution in [-0.2, 0) is 111 Å². The fraction of sp³-hybridized carbons (Fsp3) is 0.364. The van der Waals surface area contributed by atoms with Gasteiger partial charge in [0.2, 0.25) is 23.5 Å². The standard InChI is InChI=1S/C27H24F5N3O.C27H27F2N3O.C27H28IN3O.C26H27N3O/c28-21-17(22(29)24(31)25(32)23(21)30)13-20(36)35-27-19(12-14-6-2-1-3-7-14)33-26-16-9-5-4-8-15(16)10-11-18(26)34-27;28-21-12-10-18(14-22(21)29)16-25(33)32-27-24(15-17-6-2-1-3-7-17)30-26-20-9-5-4-8-19(20)11-13-23(26)31-27;28-21-13-10-19(11-14-21)17-25(32)31-27-24(16-18-6-2-1-3-7-18)29-26-22-9-5-4-8-20(22)12-15-23(26)30-27;30-26(20-12-5-2-6-13-20)29-25-23(17-18-9-3-1-4-10-18)27-24-21-14-8-7-11-19(21)15-16-22(24)28-25/h4-5,8-9,14H,1-3,6-7,10-13H2,(H,34,35,36);4-5,8-10,12,14,17H,1-3,6-7,11,13,15-16H2,(H,31,32,33);4-5,8-11,13-14,18H,1-3,6-7,12,15-17H2,(H,30,31,32);2,5-8,11-14,18H,1,3-4,9-10,15-17H2,(H,28,29,30). The first-order chi connectivity index (χ1) is 63.8. The predicted octanol–water partition coefficient (Wildman–Crippen LogP) is 23.8. The Kier molecular flexibility index (Phi) is 29.6. The maximum absolute atomic E-state index is 14.1. The molecule has 0 aliphatic heterocycles. The first-order valence-corrected chi connectivity index (χ1v) is 47.8. The largest absolute Gasteiger partial charge is 0.309 e. The fourth-order valence-corrected chi connectivity index (χ4v) is 20.3. The lowest BCUT2D eigenvalue weighted by atomic mass is 9.85. The van der Waals surface area contributed by atoms with Gasteiger partial charge in [-0.15, -0.1) is 0 Å². The van der Waals surface area contributed by atoms with Gasteiger partial charge in [0.05, 0.1) is 87.6 Å². The monoisotopic (exact) mass is 1880 g/mol. The number of carbonyl (C=O) groups is 4. The summed E-state index contributed by atoms with van der Waals surface area (Å²) in [5.41, 5.74) is 21.0. The van der Waals surface area contributed by atoms with Crippen molar-refractivity contribution >= 4 is 69.5 Å². The molecule has 8 aliphatic carbocycles. The lowest BCUT2D eigenvalue weighted by Gasteiger charge is -2.24. The predicted molar refractivity (Wildman–Crippen MR) is 504 cm³/mol. The zero-order chi connectivity index (χ0) is 90.4. The summed E-state index contributed by atoms with van der Waals surface area (Å²) in [7, 11) is 0. The molecule has 0 radical (unpaired) electrons. The van der Waals surface area contributed by atoms with Crippen molar-refractivity contribution in [1.82, 2.24) is 39.9 Å². The normalized spacial score (nSPS) is 15.6. The van der Waals surface area contributed by atoms with Gasteiger partial charge < -0.3 is 21.3 Å². The lowest BCUT2D eigenvalue weighted by Crippen LogP contribution is -2.22. The van der Waals surface area contributed by atoms with E-state index in [1.165, 1.54) is 127 Å². The Labute approximate surface area is 773 Å². The van der Waals surface area contributed by atoms with Crippen LogP contribution in [-0.4, -0.2) is 63.5 Å². The van der Waals surface area contributed by atoms with Crippen LogP contribution in [0.3, 0.4) is 0 Å². The average Bonchev–Trinajstić information content (AvgIpc) is 0.785. The lowest BCUT2D eigenvalue weighted by molar-refractivity contribution is -0.116. The van der Waals surface area contributed by atoms with Crippen LogP contribution in [0.1, 0.15) is 223 Å². The number of nitrogens with one attached hydrogen (secondary N) is 4. The Hall–Kier alpha value is -11.8. The number of hydrogen-bond acceptors (Lipinski definition) is 12. The zero-order valence-corrected chi connectivity index (χ0v) is 75.6. The van der Waals surface area contributed by atoms with E-state index in [2.05, 4.69) is 110 Å². The molecule has 674 valence electrons. The molecule has 8 aliphatic rings. The van der Waals surface area contributed by atoms with Gasteiger partial charge in [0.15, 0.2) is 58.2 Å². The number of anilines is 4. The number of halogens is 8. The van der Waals surface area contributed by atoms with E-state index in [0.29, 0.717) is 82.9 Å². The van der Waals surface area contributed by atoms with E-state index < -0.39 is 58.6 Å². The first-order valence-electron chi connectivity index (χ1n) is 46.7. The van der Waals surface area contributed by atoms with Gasteiger partial charge in [-0.3, -0.25) is 19.2 Å². The van der Waals surface area contributed by atoms with E-state index in [0.717, 1.165) is 194 Å². The number of rotatable bonds is 19. The van der Waals surface area contributed by atoms with Gasteiger partial charge in [-0.25, -0.2) is 70.6 Å². The highest BCUT2D eigenvalue weighted by Gasteiger charge is 2.33. The smallest absolute Gasteiger partial charge is 0.256 e. The van der Waals surface area contributed by atoms with Crippen LogP contribution in [0.4, 0.5) is 54.0 Å². The molecular formula is C107H106F7IN12O4. The molecule has 0 atom stereocenters. The molecular weight excluding hydrogens is 1780 g/mol. The van der Waals surface area contributed by atoms with Gasteiger partial charge in [-0.05, 0) is 193 Å². The summed E-state index contributed by atoms with van der Waals surface area (Å²) in [6.07, 6.45) is 33.3. The van der Waals surface area contributed by atoms with Crippen molar-refractivity contribution in [2.45, 2.75) is 225 Å². The SMILES string of the molecule is O=C(Cc1c(F)c(F)c(F)c(F)c1F)Nc1nc2c(nc1CC1CCCCC1)-c1ccccc1CC2.O=C(Cc1ccc(F)c(F)c1)Nc1nc2c(nc1CC1CCCCC1)-c1ccccc1CC2.O=C(Cc1ccc(I)cc1)Nc1nc2c(nc1CC1CCCCC1)-c1ccccc1CC2.O=C(Nc1nc2c(nc1CC1CCCCC1)-c1ccccc1CC2)c1ccccc1. The first kappa shape index (κ1) is 91.1. The molecule has 20 rings (SSSR count). The second kappa shape index (κ2) is 42.6. The summed E-state index contributed by atoms with van der Waals surface area (Å²) in [5.74, 6) is -9.59. The molecule has 4 heterocycles. The third kappa shape index (κ3) is 22.4. The number of amides is 4. The zero-order valence-electron chi connectivity index (χ0n) is 73.5. The van der Waals surface area contributed by atoms with E-state index in [4.69, 9.17) is 34.9 Å². The van der Waals surface area contributed by atoms with Crippen molar-refractivity contribution in [3.05, 3.63) is 304 Å². The number of aryl methyl sites for hydroxylation is 8. The summed E-state index contributed by atoms with van der Waals surface area (Å²) >= 11 is 2.28. The van der Waals surface area contributed by atoms with Crippen LogP contribution < -0.4 is 21.3 Å². The maximum Gasteiger partial charge on any atom is 0.256 e. The molecule has 8 aromatic carbocycles. The third-order valence-electron chi connectivity index (χ3n) is 26.9. The molecule has 131 heavy (non-hydrogen) atoms. The highest BCUT2D eigenvalue weighted by Crippen LogP contribution is 2.42. The number of carbonyl (C=O) groups excluding carboxylic acids is 4. The van der Waals surface area contributed by atoms with Gasteiger partial charge in [0.1, 0.15) is 0 Å². The minimum absolute atomic E-state index is 0.0263. The molecule has 16 nitrogen and oxygen atoms in total. The Morgan fingerprint density at radius 3 is 0.939 bits per heavy atom. The molecule has 4 N–H and O–H groups in total. The molecule has 4 aromatic heterocycles. The fourth-order valence-electron chi connectivity index (χ4n) is 20.0. The van der Waals surface area contributed by atoms with Crippen molar-refractivity contribution in [2.24, 2.45) is 23.7 Å². The molecule has 0 spiro atoms. The molecule has 12 aromatic rings. The number of fused-ring (bicyclic) bond motifs is 12. The van der Waals surface area contributed by atoms with E-state index in [-0.39, 0.29) is 30.0 Å². The second-order valence-corrected chi connectivity index (χ2v) is 37.4. The summed E-state index contributed by atoms with van der Waals surface area (Å²) in [6.45, 7) is 0. The Morgan fingerprint density at radius 2 is 0.595 bits per heavy atom. The molecule has 0 bridgehead atoms. The van der Waals surface area contributed by atoms with E-state index >= 15 is 0 Å². The summed E-state index contributed by atoms with van der Waals surface area (Å²) in [5, 5.41) is 11.7. The Balaban J connectivity index is 0.000000122. The quantitative estimate of drug-likeness (QED) is 0.0257. The number of nitrogens with zero attached hydrogens (tertiary/aromatic N) is 8. The Morgan fingerprint density at radius 1 is 0.298 bits per heavy atom. The summed E-state index contributed by atoms with van der Waals surface area (Å²) < 4.78 is 96.8. The number of hydrogen-bond donors (Lipinski definition) is 4. The van der Waals surface area contributed by atoms with Crippen molar-refractivity contribution in [3.8, 4) is 45.0 Å². The number of aromatic nitrogens is 8. The van der Waals surface area contributed by atoms with Crippen LogP contribution in [0, 0.1) is 68.0 Å². The van der Waals surface area contributed by atoms with Crippen molar-refractivity contribution in [2.75, 3.05) is 21.3 Å².